The fourth-order valence-corrected chi connectivity index (χ4v) is 4.21. The maximum Gasteiger partial charge on any atom is 0.255 e. The summed E-state index contributed by atoms with van der Waals surface area (Å²) in [5.74, 6) is 0.629. The molecule has 1 amide bonds. The van der Waals surface area contributed by atoms with E-state index < -0.39 is 0 Å². The number of amides is 1. The summed E-state index contributed by atoms with van der Waals surface area (Å²) in [7, 11) is 2.14. The molecule has 160 valence electrons. The second-order valence-electron chi connectivity index (χ2n) is 7.84. The predicted molar refractivity (Wildman–Crippen MR) is 127 cm³/mol. The Labute approximate surface area is 192 Å². The monoisotopic (exact) mass is 454 g/mol. The molecule has 0 bridgehead atoms. The van der Waals surface area contributed by atoms with Gasteiger partial charge in [-0.2, -0.15) is 0 Å². The Morgan fingerprint density at radius 2 is 1.61 bits per heavy atom. The molecule has 4 rings (SSSR count). The van der Waals surface area contributed by atoms with Crippen molar-refractivity contribution in [1.82, 2.24) is 4.90 Å². The number of carbonyl (C=O) groups is 1. The molecular weight excluding hydrogens is 431 g/mol. The number of halogens is 2. The molecule has 1 N–H and O–H groups in total. The molecule has 3 aromatic rings. The Bertz CT molecular complexity index is 1040. The number of carbonyl (C=O) groups excluding carboxylic acids is 1. The van der Waals surface area contributed by atoms with Crippen molar-refractivity contribution in [3.63, 3.8) is 0 Å². The molecule has 0 aliphatic carbocycles. The molecule has 3 aromatic carbocycles. The van der Waals surface area contributed by atoms with Crippen molar-refractivity contribution in [3.05, 3.63) is 82.3 Å². The fourth-order valence-electron chi connectivity index (χ4n) is 3.69. The number of rotatable bonds is 5. The zero-order chi connectivity index (χ0) is 21.8. The lowest BCUT2D eigenvalue weighted by atomic mass is 10.0. The first-order chi connectivity index (χ1) is 15.0. The molecule has 6 heteroatoms. The molecule has 0 radical (unpaired) electrons. The van der Waals surface area contributed by atoms with Crippen LogP contribution in [0.4, 0.5) is 5.69 Å². The van der Waals surface area contributed by atoms with Gasteiger partial charge in [-0.25, -0.2) is 0 Å². The lowest BCUT2D eigenvalue weighted by Gasteiger charge is -2.29. The standard InChI is InChI=1S/C25H24Cl2N2O2/c1-29-11-9-24(10-12-29)31-23-7-5-17(6-8-23)18-3-2-4-22(15-18)28-25(30)19-13-20(26)16-21(27)14-19/h2-8,13-16,24H,9-12H2,1H3,(H,28,30). The average Bonchev–Trinajstić information content (AvgIpc) is 2.75. The number of ether oxygens (including phenoxy) is 1. The predicted octanol–water partition coefficient (Wildman–Crippen LogP) is 6.39. The summed E-state index contributed by atoms with van der Waals surface area (Å²) < 4.78 is 6.13. The highest BCUT2D eigenvalue weighted by atomic mass is 35.5. The summed E-state index contributed by atoms with van der Waals surface area (Å²) in [6.45, 7) is 2.14. The van der Waals surface area contributed by atoms with E-state index in [1.165, 1.54) is 0 Å². The van der Waals surface area contributed by atoms with Gasteiger partial charge in [0.25, 0.3) is 5.91 Å². The number of nitrogens with one attached hydrogen (secondary N) is 1. The Kier molecular flexibility index (Phi) is 6.81. The minimum Gasteiger partial charge on any atom is -0.490 e. The van der Waals surface area contributed by atoms with Crippen molar-refractivity contribution in [2.45, 2.75) is 18.9 Å². The zero-order valence-corrected chi connectivity index (χ0v) is 18.8. The summed E-state index contributed by atoms with van der Waals surface area (Å²) in [4.78, 5) is 14.9. The number of likely N-dealkylation sites (tertiary alicyclic amines) is 1. The highest BCUT2D eigenvalue weighted by Gasteiger charge is 2.18. The first kappa shape index (κ1) is 21.7. The van der Waals surface area contributed by atoms with Gasteiger partial charge in [0.1, 0.15) is 11.9 Å². The van der Waals surface area contributed by atoms with Crippen LogP contribution in [0.2, 0.25) is 10.0 Å². The van der Waals surface area contributed by atoms with Crippen LogP contribution in [0.15, 0.2) is 66.7 Å². The molecule has 0 unspecified atom stereocenters. The third-order valence-corrected chi connectivity index (χ3v) is 5.84. The van der Waals surface area contributed by atoms with Crippen LogP contribution in [-0.4, -0.2) is 37.0 Å². The maximum absolute atomic E-state index is 12.6. The van der Waals surface area contributed by atoms with Crippen molar-refractivity contribution in [3.8, 4) is 16.9 Å². The fraction of sp³-hybridized carbons (Fsp3) is 0.240. The molecule has 1 aliphatic rings. The minimum atomic E-state index is -0.261. The summed E-state index contributed by atoms with van der Waals surface area (Å²) in [5, 5.41) is 3.76. The second kappa shape index (κ2) is 9.73. The molecular formula is C25H24Cl2N2O2. The number of nitrogens with zero attached hydrogens (tertiary/aromatic N) is 1. The lowest BCUT2D eigenvalue weighted by Crippen LogP contribution is -2.35. The molecule has 1 saturated heterocycles. The van der Waals surface area contributed by atoms with Gasteiger partial charge >= 0.3 is 0 Å². The van der Waals surface area contributed by atoms with Crippen molar-refractivity contribution >= 4 is 34.8 Å². The van der Waals surface area contributed by atoms with Crippen LogP contribution in [0.5, 0.6) is 5.75 Å². The van der Waals surface area contributed by atoms with Gasteiger partial charge in [0, 0.05) is 34.4 Å². The van der Waals surface area contributed by atoms with Gasteiger partial charge in [-0.1, -0.05) is 47.5 Å². The number of hydrogen-bond donors (Lipinski definition) is 1. The third-order valence-electron chi connectivity index (χ3n) is 5.40. The topological polar surface area (TPSA) is 41.6 Å². The van der Waals surface area contributed by atoms with Crippen molar-refractivity contribution in [2.75, 3.05) is 25.5 Å². The van der Waals surface area contributed by atoms with Crippen LogP contribution in [-0.2, 0) is 0 Å². The number of benzene rings is 3. The number of hydrogen-bond acceptors (Lipinski definition) is 3. The summed E-state index contributed by atoms with van der Waals surface area (Å²) in [5.41, 5.74) is 3.17. The van der Waals surface area contributed by atoms with E-state index in [0.29, 0.717) is 21.3 Å². The highest BCUT2D eigenvalue weighted by molar-refractivity contribution is 6.35. The normalized spacial score (nSPS) is 14.9. The largest absolute Gasteiger partial charge is 0.490 e. The lowest BCUT2D eigenvalue weighted by molar-refractivity contribution is 0.102. The molecule has 4 nitrogen and oxygen atoms in total. The van der Waals surface area contributed by atoms with E-state index in [4.69, 9.17) is 27.9 Å². The summed E-state index contributed by atoms with van der Waals surface area (Å²) >= 11 is 12.0. The van der Waals surface area contributed by atoms with Gasteiger partial charge in [0.05, 0.1) is 0 Å². The van der Waals surface area contributed by atoms with Crippen LogP contribution >= 0.6 is 23.2 Å². The third kappa shape index (κ3) is 5.79. The summed E-state index contributed by atoms with van der Waals surface area (Å²) in [6, 6.07) is 20.6. The number of anilines is 1. The van der Waals surface area contributed by atoms with E-state index >= 15 is 0 Å². The van der Waals surface area contributed by atoms with Gasteiger partial charge in [-0.15, -0.1) is 0 Å². The van der Waals surface area contributed by atoms with Crippen LogP contribution in [0, 0.1) is 0 Å². The van der Waals surface area contributed by atoms with E-state index in [-0.39, 0.29) is 12.0 Å². The second-order valence-corrected chi connectivity index (χ2v) is 8.71. The van der Waals surface area contributed by atoms with Crippen molar-refractivity contribution in [1.29, 1.82) is 0 Å². The summed E-state index contributed by atoms with van der Waals surface area (Å²) in [6.07, 6.45) is 2.39. The first-order valence-electron chi connectivity index (χ1n) is 10.3. The molecule has 1 aliphatic heterocycles. The van der Waals surface area contributed by atoms with Gasteiger partial charge in [-0.3, -0.25) is 4.79 Å². The van der Waals surface area contributed by atoms with Crippen LogP contribution < -0.4 is 10.1 Å². The smallest absolute Gasteiger partial charge is 0.255 e. The van der Waals surface area contributed by atoms with Gasteiger partial charge in [-0.05, 0) is 73.5 Å². The van der Waals surface area contributed by atoms with E-state index in [0.717, 1.165) is 42.8 Å². The Hall–Kier alpha value is -2.53. The van der Waals surface area contributed by atoms with Gasteiger partial charge in [0.15, 0.2) is 0 Å². The maximum atomic E-state index is 12.6. The quantitative estimate of drug-likeness (QED) is 0.485. The zero-order valence-electron chi connectivity index (χ0n) is 17.3. The molecule has 1 heterocycles. The van der Waals surface area contributed by atoms with E-state index in [1.807, 2.05) is 48.5 Å². The van der Waals surface area contributed by atoms with Crippen LogP contribution in [0.3, 0.4) is 0 Å². The molecule has 0 aromatic heterocycles. The Balaban J connectivity index is 1.43. The molecule has 0 saturated carbocycles. The molecule has 1 fully saturated rings. The number of piperidine rings is 1. The van der Waals surface area contributed by atoms with Crippen molar-refractivity contribution < 1.29 is 9.53 Å². The molecule has 31 heavy (non-hydrogen) atoms. The van der Waals surface area contributed by atoms with Crippen molar-refractivity contribution in [2.24, 2.45) is 0 Å². The molecule has 0 atom stereocenters. The average molecular weight is 455 g/mol. The first-order valence-corrected chi connectivity index (χ1v) is 11.0. The Morgan fingerprint density at radius 3 is 2.29 bits per heavy atom. The minimum absolute atomic E-state index is 0.261. The van der Waals surface area contributed by atoms with Crippen LogP contribution in [0.25, 0.3) is 11.1 Å². The van der Waals surface area contributed by atoms with E-state index in [9.17, 15) is 4.79 Å². The van der Waals surface area contributed by atoms with Gasteiger partial charge in [0.2, 0.25) is 0 Å². The highest BCUT2D eigenvalue weighted by Crippen LogP contribution is 2.27. The van der Waals surface area contributed by atoms with Gasteiger partial charge < -0.3 is 15.0 Å². The SMILES string of the molecule is CN1CCC(Oc2ccc(-c3cccc(NC(=O)c4cc(Cl)cc(Cl)c4)c3)cc2)CC1. The van der Waals surface area contributed by atoms with E-state index in [2.05, 4.69) is 17.3 Å². The van der Waals surface area contributed by atoms with Crippen LogP contribution in [0.1, 0.15) is 23.2 Å². The van der Waals surface area contributed by atoms with E-state index in [1.54, 1.807) is 18.2 Å². The molecule has 0 spiro atoms. The Morgan fingerprint density at radius 1 is 0.935 bits per heavy atom.